The van der Waals surface area contributed by atoms with E-state index in [2.05, 4.69) is 18.8 Å². The van der Waals surface area contributed by atoms with Crippen molar-refractivity contribution >= 4 is 33.4 Å². The lowest BCUT2D eigenvalue weighted by Gasteiger charge is -2.07. The number of fused-ring (bicyclic) bond motifs is 1. The van der Waals surface area contributed by atoms with Gasteiger partial charge in [0.25, 0.3) is 5.91 Å². The van der Waals surface area contributed by atoms with Gasteiger partial charge >= 0.3 is 5.97 Å². The summed E-state index contributed by atoms with van der Waals surface area (Å²) in [5.74, 6) is 0.229. The number of amides is 1. The molecule has 0 N–H and O–H groups in total. The molecule has 1 heterocycles. The van der Waals surface area contributed by atoms with Gasteiger partial charge in [-0.05, 0) is 35.7 Å². The summed E-state index contributed by atoms with van der Waals surface area (Å²) in [6, 6.07) is 15.2. The number of hydrogen-bond donors (Lipinski definition) is 0. The largest absolute Gasteiger partial charge is 0.484 e. The second-order valence-electron chi connectivity index (χ2n) is 6.53. The summed E-state index contributed by atoms with van der Waals surface area (Å²) >= 11 is 1.34. The highest BCUT2D eigenvalue weighted by Gasteiger charge is 2.11. The number of thiazole rings is 1. The van der Waals surface area contributed by atoms with Crippen molar-refractivity contribution in [1.82, 2.24) is 4.57 Å². The molecule has 0 aliphatic rings. The van der Waals surface area contributed by atoms with E-state index in [1.54, 1.807) is 4.57 Å². The van der Waals surface area contributed by atoms with Crippen molar-refractivity contribution in [2.45, 2.75) is 26.3 Å². The van der Waals surface area contributed by atoms with Gasteiger partial charge in [0.1, 0.15) is 12.3 Å². The van der Waals surface area contributed by atoms with Gasteiger partial charge in [-0.2, -0.15) is 4.99 Å². The number of esters is 1. The first-order valence-corrected chi connectivity index (χ1v) is 9.75. The number of carbonyl (C=O) groups excluding carboxylic acids is 2. The molecule has 0 bridgehead atoms. The summed E-state index contributed by atoms with van der Waals surface area (Å²) in [4.78, 5) is 28.7. The quantitative estimate of drug-likeness (QED) is 0.596. The van der Waals surface area contributed by atoms with Gasteiger partial charge in [0.05, 0.1) is 17.3 Å². The molecule has 0 aliphatic carbocycles. The van der Waals surface area contributed by atoms with Crippen LogP contribution in [0.4, 0.5) is 0 Å². The van der Waals surface area contributed by atoms with E-state index in [1.807, 2.05) is 48.5 Å². The second-order valence-corrected chi connectivity index (χ2v) is 7.54. The predicted molar refractivity (Wildman–Crippen MR) is 108 cm³/mol. The summed E-state index contributed by atoms with van der Waals surface area (Å²) in [5, 5.41) is 0. The van der Waals surface area contributed by atoms with E-state index in [1.165, 1.54) is 24.0 Å². The molecule has 28 heavy (non-hydrogen) atoms. The summed E-state index contributed by atoms with van der Waals surface area (Å²) in [6.07, 6.45) is 0. The molecule has 0 atom stereocenters. The van der Waals surface area contributed by atoms with Crippen molar-refractivity contribution in [3.8, 4) is 5.75 Å². The first kappa shape index (κ1) is 19.8. The zero-order valence-corrected chi connectivity index (χ0v) is 16.9. The third-order valence-electron chi connectivity index (χ3n) is 4.23. The summed E-state index contributed by atoms with van der Waals surface area (Å²) in [5.41, 5.74) is 2.03. The van der Waals surface area contributed by atoms with Crippen LogP contribution in [0.3, 0.4) is 0 Å². The average Bonchev–Trinajstić information content (AvgIpc) is 3.03. The smallest absolute Gasteiger partial charge is 0.325 e. The Hall–Kier alpha value is -2.93. The number of nitrogens with zero attached hydrogens (tertiary/aromatic N) is 2. The molecule has 0 fully saturated rings. The highest BCUT2D eigenvalue weighted by Crippen LogP contribution is 2.19. The number of aromatic nitrogens is 1. The molecule has 1 amide bonds. The Morgan fingerprint density at radius 2 is 1.82 bits per heavy atom. The molecule has 146 valence electrons. The highest BCUT2D eigenvalue weighted by molar-refractivity contribution is 7.16. The van der Waals surface area contributed by atoms with Crippen LogP contribution in [0.25, 0.3) is 10.2 Å². The normalized spacial score (nSPS) is 11.8. The van der Waals surface area contributed by atoms with Gasteiger partial charge in [-0.3, -0.25) is 9.59 Å². The van der Waals surface area contributed by atoms with E-state index >= 15 is 0 Å². The SMILES string of the molecule is COC(=O)Cn1c(=NC(=O)COc2ccc(C(C)C)cc2)sc2ccccc21. The minimum absolute atomic E-state index is 0.00977. The maximum atomic E-state index is 12.3. The van der Waals surface area contributed by atoms with Crippen LogP contribution in [0.2, 0.25) is 0 Å². The van der Waals surface area contributed by atoms with Crippen molar-refractivity contribution in [2.24, 2.45) is 4.99 Å². The number of benzene rings is 2. The van der Waals surface area contributed by atoms with Crippen LogP contribution < -0.4 is 9.54 Å². The molecular formula is C21H22N2O4S. The van der Waals surface area contributed by atoms with Crippen molar-refractivity contribution in [3.05, 3.63) is 58.9 Å². The van der Waals surface area contributed by atoms with Gasteiger partial charge in [-0.25, -0.2) is 0 Å². The van der Waals surface area contributed by atoms with Crippen LogP contribution in [0.1, 0.15) is 25.3 Å². The second kappa shape index (κ2) is 8.84. The topological polar surface area (TPSA) is 69.9 Å². The third-order valence-corrected chi connectivity index (χ3v) is 5.29. The molecule has 0 unspecified atom stereocenters. The lowest BCUT2D eigenvalue weighted by Crippen LogP contribution is -2.23. The van der Waals surface area contributed by atoms with Crippen LogP contribution in [-0.2, 0) is 20.9 Å². The minimum atomic E-state index is -0.418. The minimum Gasteiger partial charge on any atom is -0.484 e. The summed E-state index contributed by atoms with van der Waals surface area (Å²) in [6.45, 7) is 4.05. The van der Waals surface area contributed by atoms with Gasteiger partial charge in [-0.15, -0.1) is 0 Å². The molecule has 6 nitrogen and oxygen atoms in total. The first-order valence-electron chi connectivity index (χ1n) is 8.93. The monoisotopic (exact) mass is 398 g/mol. The third kappa shape index (κ3) is 4.67. The molecule has 0 saturated heterocycles. The molecule has 0 saturated carbocycles. The Balaban J connectivity index is 1.80. The molecule has 2 aromatic carbocycles. The maximum Gasteiger partial charge on any atom is 0.325 e. The number of ether oxygens (including phenoxy) is 2. The van der Waals surface area contributed by atoms with Gasteiger partial charge in [-0.1, -0.05) is 49.4 Å². The molecule has 1 aromatic heterocycles. The number of carbonyl (C=O) groups is 2. The van der Waals surface area contributed by atoms with Crippen LogP contribution in [0, 0.1) is 0 Å². The van der Waals surface area contributed by atoms with Crippen LogP contribution in [0.15, 0.2) is 53.5 Å². The van der Waals surface area contributed by atoms with Gasteiger partial charge in [0, 0.05) is 0 Å². The van der Waals surface area contributed by atoms with Crippen molar-refractivity contribution in [2.75, 3.05) is 13.7 Å². The van der Waals surface area contributed by atoms with E-state index in [-0.39, 0.29) is 13.2 Å². The summed E-state index contributed by atoms with van der Waals surface area (Å²) in [7, 11) is 1.33. The molecule has 0 radical (unpaired) electrons. The van der Waals surface area contributed by atoms with Crippen molar-refractivity contribution < 1.29 is 19.1 Å². The fourth-order valence-corrected chi connectivity index (χ4v) is 3.73. The Morgan fingerprint density at radius 1 is 1.11 bits per heavy atom. The Kier molecular flexibility index (Phi) is 6.26. The molecule has 7 heteroatoms. The maximum absolute atomic E-state index is 12.3. The lowest BCUT2D eigenvalue weighted by molar-refractivity contribution is -0.141. The van der Waals surface area contributed by atoms with Crippen molar-refractivity contribution in [3.63, 3.8) is 0 Å². The Bertz CT molecular complexity index is 1050. The lowest BCUT2D eigenvalue weighted by atomic mass is 10.0. The van der Waals surface area contributed by atoms with Crippen molar-refractivity contribution in [1.29, 1.82) is 0 Å². The van der Waals surface area contributed by atoms with E-state index in [0.29, 0.717) is 16.5 Å². The van der Waals surface area contributed by atoms with E-state index in [9.17, 15) is 9.59 Å². The predicted octanol–water partition coefficient (Wildman–Crippen LogP) is 3.51. The number of methoxy groups -OCH3 is 1. The van der Waals surface area contributed by atoms with Gasteiger partial charge in [0.15, 0.2) is 11.4 Å². The van der Waals surface area contributed by atoms with Crippen LogP contribution in [-0.4, -0.2) is 30.2 Å². The van der Waals surface area contributed by atoms with E-state index in [0.717, 1.165) is 10.2 Å². The molecule has 3 aromatic rings. The number of hydrogen-bond acceptors (Lipinski definition) is 5. The molecular weight excluding hydrogens is 376 g/mol. The Morgan fingerprint density at radius 3 is 2.50 bits per heavy atom. The highest BCUT2D eigenvalue weighted by atomic mass is 32.1. The van der Waals surface area contributed by atoms with Crippen LogP contribution in [0.5, 0.6) is 5.75 Å². The molecule has 0 spiro atoms. The fourth-order valence-electron chi connectivity index (χ4n) is 2.69. The Labute approximate surface area is 167 Å². The van der Waals surface area contributed by atoms with Crippen LogP contribution >= 0.6 is 11.3 Å². The zero-order valence-electron chi connectivity index (χ0n) is 16.0. The zero-order chi connectivity index (χ0) is 20.1. The van der Waals surface area contributed by atoms with E-state index in [4.69, 9.17) is 9.47 Å². The standard InChI is InChI=1S/C21H22N2O4S/c1-14(2)15-8-10-16(11-9-15)27-13-19(24)22-21-23(12-20(25)26-3)17-6-4-5-7-18(17)28-21/h4-11,14H,12-13H2,1-3H3. The first-order chi connectivity index (χ1) is 13.5. The van der Waals surface area contributed by atoms with E-state index < -0.39 is 11.9 Å². The molecule has 0 aliphatic heterocycles. The summed E-state index contributed by atoms with van der Waals surface area (Å²) < 4.78 is 12.9. The number of rotatable bonds is 6. The average molecular weight is 398 g/mol. The fraction of sp³-hybridized carbons (Fsp3) is 0.286. The van der Waals surface area contributed by atoms with Gasteiger partial charge < -0.3 is 14.0 Å². The number of para-hydroxylation sites is 1. The van der Waals surface area contributed by atoms with Gasteiger partial charge in [0.2, 0.25) is 0 Å². The molecule has 3 rings (SSSR count).